The molecule has 0 fully saturated rings. The van der Waals surface area contributed by atoms with Crippen molar-refractivity contribution in [3.8, 4) is 0 Å². The first-order valence-electron chi connectivity index (χ1n) is 2.62. The van der Waals surface area contributed by atoms with Gasteiger partial charge in [-0.25, -0.2) is 0 Å². The van der Waals surface area contributed by atoms with Crippen LogP contribution in [0.4, 0.5) is 0 Å². The lowest BCUT2D eigenvalue weighted by molar-refractivity contribution is 0.657. The van der Waals surface area contributed by atoms with E-state index in [-0.39, 0.29) is 0 Å². The Morgan fingerprint density at radius 3 is 2.29 bits per heavy atom. The third-order valence-electron chi connectivity index (χ3n) is 0.809. The van der Waals surface area contributed by atoms with Crippen LogP contribution in [0, 0.1) is 0 Å². The molecule has 0 aliphatic heterocycles. The van der Waals surface area contributed by atoms with Crippen LogP contribution in [0.25, 0.3) is 0 Å². The summed E-state index contributed by atoms with van der Waals surface area (Å²) >= 11 is 0. The van der Waals surface area contributed by atoms with Gasteiger partial charge in [0.05, 0.1) is 0 Å². The van der Waals surface area contributed by atoms with Gasteiger partial charge in [-0.3, -0.25) is 0 Å². The van der Waals surface area contributed by atoms with Crippen LogP contribution in [0.2, 0.25) is 6.32 Å². The van der Waals surface area contributed by atoms with Gasteiger partial charge in [0, 0.05) is 0 Å². The normalized spacial score (nSPS) is 9.71. The van der Waals surface area contributed by atoms with E-state index in [1.165, 1.54) is 0 Å². The molecule has 0 saturated carbocycles. The number of nitrogens with zero attached hydrogens (tertiary/aromatic N) is 1. The summed E-state index contributed by atoms with van der Waals surface area (Å²) in [6.07, 6.45) is 1.10. The maximum absolute atomic E-state index is 5.25. The molecule has 0 aliphatic rings. The molecule has 0 spiro atoms. The molecule has 0 radical (unpaired) electrons. The van der Waals surface area contributed by atoms with Crippen molar-refractivity contribution < 1.29 is 0 Å². The Bertz CT molecular complexity index is 38.7. The number of hydrogen-bond acceptors (Lipinski definition) is 2. The average molecular weight is 100.0 g/mol. The zero-order valence-corrected chi connectivity index (χ0v) is 5.15. The summed E-state index contributed by atoms with van der Waals surface area (Å²) in [7, 11) is 5.21. The number of nitrogens with two attached hydrogens (primary N) is 1. The lowest BCUT2D eigenvalue weighted by atomic mass is 9.88. The molecular formula is C4H13BN2. The molecule has 0 aromatic heterocycles. The molecule has 0 bridgehead atoms. The molecular weight excluding hydrogens is 86.9 g/mol. The van der Waals surface area contributed by atoms with Gasteiger partial charge < -0.3 is 10.5 Å². The topological polar surface area (TPSA) is 29.3 Å². The van der Waals surface area contributed by atoms with Gasteiger partial charge in [-0.2, -0.15) is 0 Å². The molecule has 0 aromatic carbocycles. The lowest BCUT2D eigenvalue weighted by Gasteiger charge is -2.03. The fourth-order valence-electron chi connectivity index (χ4n) is 0.408. The first kappa shape index (κ1) is 6.98. The molecule has 0 heterocycles. The molecule has 0 aliphatic carbocycles. The largest absolute Gasteiger partial charge is 0.350 e. The second-order valence-corrected chi connectivity index (χ2v) is 1.95. The van der Waals surface area contributed by atoms with Crippen LogP contribution in [-0.4, -0.2) is 32.9 Å². The highest BCUT2D eigenvalue weighted by Gasteiger charge is 1.88. The molecule has 42 valence electrons. The minimum Gasteiger partial charge on any atom is -0.350 e. The smallest absolute Gasteiger partial charge is 0.204 e. The molecule has 3 heteroatoms. The van der Waals surface area contributed by atoms with Crippen LogP contribution in [0.3, 0.4) is 0 Å². The Labute approximate surface area is 45.9 Å². The van der Waals surface area contributed by atoms with Gasteiger partial charge in [-0.05, 0) is 20.6 Å². The van der Waals surface area contributed by atoms with Crippen molar-refractivity contribution in [1.29, 1.82) is 0 Å². The van der Waals surface area contributed by atoms with E-state index in [1.807, 2.05) is 0 Å². The zero-order chi connectivity index (χ0) is 5.70. The monoisotopic (exact) mass is 100 g/mol. The highest BCUT2D eigenvalue weighted by atomic mass is 15.0. The summed E-state index contributed by atoms with van der Waals surface area (Å²) < 4.78 is 0. The predicted octanol–water partition coefficient (Wildman–Crippen LogP) is -0.724. The molecule has 0 unspecified atom stereocenters. The molecule has 2 nitrogen and oxygen atoms in total. The number of hydrogen-bond donors (Lipinski definition) is 1. The van der Waals surface area contributed by atoms with Crippen LogP contribution in [0.1, 0.15) is 0 Å². The van der Waals surface area contributed by atoms with Crippen LogP contribution in [0.5, 0.6) is 0 Å². The first-order chi connectivity index (χ1) is 3.27. The standard InChI is InChI=1S/C4H13BN2/c1-7(2)5-3-4-6/h5H,3-4,6H2,1-2H3. The van der Waals surface area contributed by atoms with Crippen molar-refractivity contribution in [3.05, 3.63) is 0 Å². The zero-order valence-electron chi connectivity index (χ0n) is 5.15. The quantitative estimate of drug-likeness (QED) is 0.474. The fraction of sp³-hybridized carbons (Fsp3) is 1.00. The Morgan fingerprint density at radius 1 is 1.57 bits per heavy atom. The first-order valence-corrected chi connectivity index (χ1v) is 2.62. The van der Waals surface area contributed by atoms with Crippen molar-refractivity contribution in [3.63, 3.8) is 0 Å². The summed E-state index contributed by atoms with van der Waals surface area (Å²) in [5, 5.41) is 0. The van der Waals surface area contributed by atoms with Crippen molar-refractivity contribution >= 4 is 7.41 Å². The van der Waals surface area contributed by atoms with Crippen molar-refractivity contribution in [1.82, 2.24) is 4.81 Å². The van der Waals surface area contributed by atoms with Gasteiger partial charge in [-0.15, -0.1) is 0 Å². The Hall–Kier alpha value is -0.0151. The molecule has 7 heavy (non-hydrogen) atoms. The second kappa shape index (κ2) is 4.15. The molecule has 0 atom stereocenters. The highest BCUT2D eigenvalue weighted by Crippen LogP contribution is 1.74. The SMILES string of the molecule is CN(C)BCCN. The molecule has 0 rings (SSSR count). The third kappa shape index (κ3) is 5.98. The van der Waals surface area contributed by atoms with Gasteiger partial charge in [0.15, 0.2) is 0 Å². The third-order valence-corrected chi connectivity index (χ3v) is 0.809. The molecule has 0 amide bonds. The number of rotatable bonds is 3. The van der Waals surface area contributed by atoms with E-state index in [1.54, 1.807) is 0 Å². The van der Waals surface area contributed by atoms with Crippen molar-refractivity contribution in [2.45, 2.75) is 6.32 Å². The van der Waals surface area contributed by atoms with E-state index in [4.69, 9.17) is 5.73 Å². The van der Waals surface area contributed by atoms with Crippen molar-refractivity contribution in [2.75, 3.05) is 20.6 Å². The fourth-order valence-corrected chi connectivity index (χ4v) is 0.408. The molecule has 0 saturated heterocycles. The van der Waals surface area contributed by atoms with E-state index in [0.29, 0.717) is 0 Å². The summed E-state index contributed by atoms with van der Waals surface area (Å²) in [5.74, 6) is 0. The van der Waals surface area contributed by atoms with Gasteiger partial charge in [0.1, 0.15) is 0 Å². The van der Waals surface area contributed by atoms with Gasteiger partial charge in [0.2, 0.25) is 7.41 Å². The average Bonchev–Trinajstić information content (AvgIpc) is 1.61. The van der Waals surface area contributed by atoms with E-state index in [9.17, 15) is 0 Å². The summed E-state index contributed by atoms with van der Waals surface area (Å²) in [5.41, 5.74) is 5.25. The van der Waals surface area contributed by atoms with E-state index in [0.717, 1.165) is 20.3 Å². The van der Waals surface area contributed by atoms with Crippen LogP contribution in [0.15, 0.2) is 0 Å². The van der Waals surface area contributed by atoms with Gasteiger partial charge >= 0.3 is 0 Å². The van der Waals surface area contributed by atoms with E-state index < -0.39 is 0 Å². The minimum atomic E-state index is 0.804. The second-order valence-electron chi connectivity index (χ2n) is 1.95. The van der Waals surface area contributed by atoms with Gasteiger partial charge in [-0.1, -0.05) is 6.32 Å². The summed E-state index contributed by atoms with van der Waals surface area (Å²) in [6.45, 7) is 0.804. The highest BCUT2D eigenvalue weighted by molar-refractivity contribution is 6.31. The summed E-state index contributed by atoms with van der Waals surface area (Å²) in [4.78, 5) is 2.13. The van der Waals surface area contributed by atoms with Crippen LogP contribution in [-0.2, 0) is 0 Å². The maximum atomic E-state index is 5.25. The predicted molar refractivity (Wildman–Crippen MR) is 34.7 cm³/mol. The van der Waals surface area contributed by atoms with Gasteiger partial charge in [0.25, 0.3) is 0 Å². The minimum absolute atomic E-state index is 0.804. The molecule has 2 N–H and O–H groups in total. The van der Waals surface area contributed by atoms with Crippen LogP contribution >= 0.6 is 0 Å². The van der Waals surface area contributed by atoms with E-state index in [2.05, 4.69) is 18.9 Å². The Kier molecular flexibility index (Phi) is 4.14. The maximum Gasteiger partial charge on any atom is 0.204 e. The Balaban J connectivity index is 2.68. The van der Waals surface area contributed by atoms with Crippen LogP contribution < -0.4 is 5.73 Å². The Morgan fingerprint density at radius 2 is 2.14 bits per heavy atom. The van der Waals surface area contributed by atoms with E-state index >= 15 is 0 Å². The summed E-state index contributed by atoms with van der Waals surface area (Å²) in [6, 6.07) is 0. The molecule has 0 aromatic rings. The van der Waals surface area contributed by atoms with Crippen molar-refractivity contribution in [2.24, 2.45) is 5.73 Å². The lowest BCUT2D eigenvalue weighted by Crippen LogP contribution is -2.19.